The van der Waals surface area contributed by atoms with Crippen molar-refractivity contribution in [1.82, 2.24) is 20.1 Å². The number of aromatic amines is 1. The molecule has 0 aliphatic rings. The van der Waals surface area contributed by atoms with Gasteiger partial charge in [-0.1, -0.05) is 24.3 Å². The van der Waals surface area contributed by atoms with Gasteiger partial charge < -0.3 is 4.90 Å². The molecule has 1 amide bonds. The van der Waals surface area contributed by atoms with Gasteiger partial charge in [0.1, 0.15) is 6.33 Å². The minimum atomic E-state index is -0.161. The van der Waals surface area contributed by atoms with Crippen LogP contribution in [0.4, 0.5) is 0 Å². The zero-order valence-electron chi connectivity index (χ0n) is 9.84. The van der Waals surface area contributed by atoms with Gasteiger partial charge in [0.05, 0.1) is 0 Å². The van der Waals surface area contributed by atoms with Gasteiger partial charge in [0.15, 0.2) is 0 Å². The number of hydrogen-bond acceptors (Lipinski definition) is 3. The first-order valence-electron chi connectivity index (χ1n) is 5.34. The number of nitrogens with zero attached hydrogens (tertiary/aromatic N) is 3. The van der Waals surface area contributed by atoms with Crippen molar-refractivity contribution in [3.05, 3.63) is 47.5 Å². The molecule has 0 radical (unpaired) electrons. The van der Waals surface area contributed by atoms with E-state index < -0.39 is 0 Å². The van der Waals surface area contributed by atoms with Crippen LogP contribution in [0.3, 0.4) is 0 Å². The van der Waals surface area contributed by atoms with Gasteiger partial charge in [-0.15, -0.1) is 0 Å². The molecule has 88 valence electrons. The number of rotatable bonds is 3. The van der Waals surface area contributed by atoms with Crippen LogP contribution >= 0.6 is 0 Å². The number of benzene rings is 1. The fourth-order valence-corrected chi connectivity index (χ4v) is 1.60. The molecular formula is C12H14N4O. The highest BCUT2D eigenvalue weighted by Gasteiger charge is 2.14. The Morgan fingerprint density at radius 1 is 1.41 bits per heavy atom. The Kier molecular flexibility index (Phi) is 3.18. The highest BCUT2D eigenvalue weighted by molar-refractivity contribution is 5.90. The van der Waals surface area contributed by atoms with Gasteiger partial charge in [0, 0.05) is 13.6 Å². The predicted octanol–water partition coefficient (Wildman–Crippen LogP) is 1.39. The molecule has 1 heterocycles. The zero-order valence-corrected chi connectivity index (χ0v) is 9.84. The molecule has 0 unspecified atom stereocenters. The summed E-state index contributed by atoms with van der Waals surface area (Å²) in [6, 6.07) is 7.99. The van der Waals surface area contributed by atoms with Gasteiger partial charge in [0.25, 0.3) is 5.91 Å². The Morgan fingerprint density at radius 3 is 2.82 bits per heavy atom. The third kappa shape index (κ3) is 2.50. The van der Waals surface area contributed by atoms with Crippen molar-refractivity contribution in [2.75, 3.05) is 7.05 Å². The van der Waals surface area contributed by atoms with E-state index in [0.717, 1.165) is 5.56 Å². The lowest BCUT2D eigenvalue weighted by Gasteiger charge is -2.16. The Bertz CT molecular complexity index is 507. The van der Waals surface area contributed by atoms with E-state index in [0.29, 0.717) is 6.54 Å². The SMILES string of the molecule is Cc1ccccc1CN(C)C(=O)c1ncn[nH]1. The average molecular weight is 230 g/mol. The van der Waals surface area contributed by atoms with Crippen LogP contribution in [0.2, 0.25) is 0 Å². The van der Waals surface area contributed by atoms with E-state index in [1.165, 1.54) is 11.9 Å². The summed E-state index contributed by atoms with van der Waals surface area (Å²) in [5.41, 5.74) is 2.30. The van der Waals surface area contributed by atoms with Crippen molar-refractivity contribution < 1.29 is 4.79 Å². The number of amides is 1. The third-order valence-corrected chi connectivity index (χ3v) is 2.63. The quantitative estimate of drug-likeness (QED) is 0.866. The Labute approximate surface area is 99.5 Å². The molecule has 17 heavy (non-hydrogen) atoms. The normalized spacial score (nSPS) is 10.2. The van der Waals surface area contributed by atoms with Crippen LogP contribution in [0.15, 0.2) is 30.6 Å². The second-order valence-electron chi connectivity index (χ2n) is 3.92. The van der Waals surface area contributed by atoms with Crippen molar-refractivity contribution in [3.63, 3.8) is 0 Å². The van der Waals surface area contributed by atoms with Gasteiger partial charge in [-0.2, -0.15) is 5.10 Å². The van der Waals surface area contributed by atoms with Crippen LogP contribution in [0.25, 0.3) is 0 Å². The molecule has 2 aromatic rings. The highest BCUT2D eigenvalue weighted by atomic mass is 16.2. The fraction of sp³-hybridized carbons (Fsp3) is 0.250. The fourth-order valence-electron chi connectivity index (χ4n) is 1.60. The zero-order chi connectivity index (χ0) is 12.3. The van der Waals surface area contributed by atoms with Gasteiger partial charge >= 0.3 is 0 Å². The topological polar surface area (TPSA) is 61.9 Å². The van der Waals surface area contributed by atoms with Crippen molar-refractivity contribution in [2.45, 2.75) is 13.5 Å². The standard InChI is InChI=1S/C12H14N4O/c1-9-5-3-4-6-10(9)7-16(2)12(17)11-13-8-14-15-11/h3-6,8H,7H2,1-2H3,(H,13,14,15). The lowest BCUT2D eigenvalue weighted by atomic mass is 10.1. The van der Waals surface area contributed by atoms with Crippen LogP contribution in [0.1, 0.15) is 21.7 Å². The maximum Gasteiger partial charge on any atom is 0.291 e. The highest BCUT2D eigenvalue weighted by Crippen LogP contribution is 2.10. The number of carbonyl (C=O) groups excluding carboxylic acids is 1. The van der Waals surface area contributed by atoms with E-state index in [1.54, 1.807) is 11.9 Å². The first-order chi connectivity index (χ1) is 8.18. The molecule has 1 N–H and O–H groups in total. The number of H-pyrrole nitrogens is 1. The Balaban J connectivity index is 2.10. The van der Waals surface area contributed by atoms with E-state index in [9.17, 15) is 4.79 Å². The van der Waals surface area contributed by atoms with Gasteiger partial charge in [0.2, 0.25) is 5.82 Å². The summed E-state index contributed by atoms with van der Waals surface area (Å²) in [6.45, 7) is 2.59. The van der Waals surface area contributed by atoms with Crippen LogP contribution in [0, 0.1) is 6.92 Å². The van der Waals surface area contributed by atoms with Gasteiger partial charge in [-0.3, -0.25) is 9.89 Å². The molecule has 1 aromatic carbocycles. The maximum atomic E-state index is 11.9. The van der Waals surface area contributed by atoms with Crippen molar-refractivity contribution in [3.8, 4) is 0 Å². The largest absolute Gasteiger partial charge is 0.335 e. The summed E-state index contributed by atoms with van der Waals surface area (Å²) >= 11 is 0. The molecule has 0 aliphatic heterocycles. The lowest BCUT2D eigenvalue weighted by molar-refractivity contribution is 0.0773. The summed E-state index contributed by atoms with van der Waals surface area (Å²) in [6.07, 6.45) is 1.33. The molecule has 0 spiro atoms. The van der Waals surface area contributed by atoms with E-state index in [4.69, 9.17) is 0 Å². The van der Waals surface area contributed by atoms with E-state index in [2.05, 4.69) is 15.2 Å². The van der Waals surface area contributed by atoms with Crippen molar-refractivity contribution in [1.29, 1.82) is 0 Å². The minimum absolute atomic E-state index is 0.161. The lowest BCUT2D eigenvalue weighted by Crippen LogP contribution is -2.27. The van der Waals surface area contributed by atoms with Crippen molar-refractivity contribution >= 4 is 5.91 Å². The number of nitrogens with one attached hydrogen (secondary N) is 1. The summed E-state index contributed by atoms with van der Waals surface area (Å²) in [7, 11) is 1.75. The number of aromatic nitrogens is 3. The number of hydrogen-bond donors (Lipinski definition) is 1. The molecule has 0 atom stereocenters. The number of aryl methyl sites for hydroxylation is 1. The molecule has 1 aromatic heterocycles. The molecule has 0 saturated carbocycles. The summed E-state index contributed by atoms with van der Waals surface area (Å²) in [4.78, 5) is 17.4. The van der Waals surface area contributed by atoms with Gasteiger partial charge in [-0.25, -0.2) is 4.98 Å². The van der Waals surface area contributed by atoms with Crippen LogP contribution in [-0.4, -0.2) is 33.0 Å². The first-order valence-corrected chi connectivity index (χ1v) is 5.34. The smallest absolute Gasteiger partial charge is 0.291 e. The van der Waals surface area contributed by atoms with E-state index in [1.807, 2.05) is 31.2 Å². The summed E-state index contributed by atoms with van der Waals surface area (Å²) in [5, 5.41) is 6.23. The summed E-state index contributed by atoms with van der Waals surface area (Å²) in [5.74, 6) is 0.104. The monoisotopic (exact) mass is 230 g/mol. The predicted molar refractivity (Wildman–Crippen MR) is 63.4 cm³/mol. The first kappa shape index (κ1) is 11.3. The van der Waals surface area contributed by atoms with E-state index >= 15 is 0 Å². The molecule has 5 nitrogen and oxygen atoms in total. The molecule has 5 heteroatoms. The average Bonchev–Trinajstić information content (AvgIpc) is 2.84. The van der Waals surface area contributed by atoms with Crippen molar-refractivity contribution in [2.24, 2.45) is 0 Å². The van der Waals surface area contributed by atoms with Crippen LogP contribution in [-0.2, 0) is 6.54 Å². The minimum Gasteiger partial charge on any atom is -0.335 e. The molecule has 0 bridgehead atoms. The molecular weight excluding hydrogens is 216 g/mol. The van der Waals surface area contributed by atoms with Crippen LogP contribution < -0.4 is 0 Å². The molecule has 0 fully saturated rings. The van der Waals surface area contributed by atoms with Gasteiger partial charge in [-0.05, 0) is 18.1 Å². The van der Waals surface area contributed by atoms with Crippen LogP contribution in [0.5, 0.6) is 0 Å². The van der Waals surface area contributed by atoms with E-state index in [-0.39, 0.29) is 11.7 Å². The second kappa shape index (κ2) is 4.78. The molecule has 2 rings (SSSR count). The number of carbonyl (C=O) groups is 1. The Morgan fingerprint density at radius 2 is 2.18 bits per heavy atom. The second-order valence-corrected chi connectivity index (χ2v) is 3.92. The third-order valence-electron chi connectivity index (χ3n) is 2.63. The maximum absolute atomic E-state index is 11.9. The molecule has 0 aliphatic carbocycles. The Hall–Kier alpha value is -2.17. The summed E-state index contributed by atoms with van der Waals surface area (Å²) < 4.78 is 0. The molecule has 0 saturated heterocycles.